The molecule has 0 bridgehead atoms. The first-order valence-corrected chi connectivity index (χ1v) is 8.20. The van der Waals surface area contributed by atoms with Crippen LogP contribution >= 0.6 is 0 Å². The Morgan fingerprint density at radius 2 is 1.96 bits per heavy atom. The summed E-state index contributed by atoms with van der Waals surface area (Å²) in [6.07, 6.45) is 1.65. The Balaban J connectivity index is 1.58. The van der Waals surface area contributed by atoms with Crippen molar-refractivity contribution in [3.8, 4) is 11.5 Å². The fraction of sp³-hybridized carbons (Fsp3) is 0.0526. The van der Waals surface area contributed by atoms with Gasteiger partial charge < -0.3 is 11.1 Å². The van der Waals surface area contributed by atoms with Crippen molar-refractivity contribution in [3.63, 3.8) is 0 Å². The van der Waals surface area contributed by atoms with E-state index in [2.05, 4.69) is 20.4 Å². The van der Waals surface area contributed by atoms with E-state index >= 15 is 0 Å². The van der Waals surface area contributed by atoms with Gasteiger partial charge in [-0.2, -0.15) is 4.52 Å². The van der Waals surface area contributed by atoms with Crippen LogP contribution < -0.4 is 11.1 Å². The highest BCUT2D eigenvalue weighted by Gasteiger charge is 2.13. The Labute approximate surface area is 153 Å². The first kappa shape index (κ1) is 16.6. The van der Waals surface area contributed by atoms with Gasteiger partial charge in [-0.1, -0.05) is 18.2 Å². The average Bonchev–Trinajstić information content (AvgIpc) is 3.13. The maximum Gasteiger partial charge on any atom is 0.251 e. The summed E-state index contributed by atoms with van der Waals surface area (Å²) in [5, 5.41) is 7.11. The van der Waals surface area contributed by atoms with Crippen molar-refractivity contribution in [2.24, 2.45) is 0 Å². The minimum Gasteiger partial charge on any atom is -0.384 e. The lowest BCUT2D eigenvalue weighted by molar-refractivity contribution is 0.0951. The molecule has 3 aromatic heterocycles. The Morgan fingerprint density at radius 1 is 1.15 bits per heavy atom. The number of nitrogens with one attached hydrogen (secondary N) is 1. The lowest BCUT2D eigenvalue weighted by Crippen LogP contribution is -2.23. The van der Waals surface area contributed by atoms with E-state index in [1.807, 2.05) is 6.07 Å². The molecule has 27 heavy (non-hydrogen) atoms. The third-order valence-corrected chi connectivity index (χ3v) is 3.99. The summed E-state index contributed by atoms with van der Waals surface area (Å²) in [7, 11) is 0. The number of hydrogen-bond acceptors (Lipinski definition) is 5. The zero-order valence-electron chi connectivity index (χ0n) is 14.1. The van der Waals surface area contributed by atoms with Crippen LogP contribution in [0.25, 0.3) is 17.2 Å². The molecule has 0 spiro atoms. The number of nitrogens with zero attached hydrogens (tertiary/aromatic N) is 4. The molecule has 4 rings (SSSR count). The number of hydrogen-bond donors (Lipinski definition) is 2. The van der Waals surface area contributed by atoms with Crippen LogP contribution in [0.2, 0.25) is 0 Å². The first-order valence-electron chi connectivity index (χ1n) is 8.20. The largest absolute Gasteiger partial charge is 0.384 e. The molecule has 0 aliphatic rings. The topological polar surface area (TPSA) is 98.2 Å². The normalized spacial score (nSPS) is 10.9. The number of carbonyl (C=O) groups excluding carboxylic acids is 1. The Kier molecular flexibility index (Phi) is 4.21. The molecule has 0 saturated heterocycles. The number of pyridine rings is 2. The van der Waals surface area contributed by atoms with E-state index in [9.17, 15) is 9.18 Å². The lowest BCUT2D eigenvalue weighted by Gasteiger charge is -2.07. The van der Waals surface area contributed by atoms with Crippen molar-refractivity contribution in [3.05, 3.63) is 77.7 Å². The second-order valence-corrected chi connectivity index (χ2v) is 5.90. The highest BCUT2D eigenvalue weighted by atomic mass is 19.1. The number of rotatable bonds is 4. The van der Waals surface area contributed by atoms with Crippen LogP contribution in [0.3, 0.4) is 0 Å². The molecule has 8 heteroatoms. The van der Waals surface area contributed by atoms with E-state index in [1.54, 1.807) is 36.5 Å². The van der Waals surface area contributed by atoms with Gasteiger partial charge in [0, 0.05) is 18.3 Å². The summed E-state index contributed by atoms with van der Waals surface area (Å²) in [6, 6.07) is 14.5. The minimum absolute atomic E-state index is 0.274. The quantitative estimate of drug-likeness (QED) is 0.581. The molecule has 0 saturated carbocycles. The van der Waals surface area contributed by atoms with Crippen molar-refractivity contribution in [1.29, 1.82) is 0 Å². The highest BCUT2D eigenvalue weighted by Crippen LogP contribution is 2.17. The maximum atomic E-state index is 12.9. The fourth-order valence-corrected chi connectivity index (χ4v) is 2.63. The summed E-state index contributed by atoms with van der Waals surface area (Å²) in [5.74, 6) is 0.0787. The Bertz CT molecular complexity index is 1110. The molecule has 1 aromatic carbocycles. The van der Waals surface area contributed by atoms with Gasteiger partial charge in [0.25, 0.3) is 5.91 Å². The number of amides is 1. The van der Waals surface area contributed by atoms with Gasteiger partial charge in [-0.3, -0.25) is 9.78 Å². The van der Waals surface area contributed by atoms with Crippen molar-refractivity contribution in [1.82, 2.24) is 24.9 Å². The molecule has 0 fully saturated rings. The van der Waals surface area contributed by atoms with Crippen LogP contribution in [0.1, 0.15) is 15.9 Å². The number of nitrogen functional groups attached to an aromatic ring is 1. The molecule has 0 radical (unpaired) electrons. The van der Waals surface area contributed by atoms with Gasteiger partial charge in [0.2, 0.25) is 5.82 Å². The first-order chi connectivity index (χ1) is 13.1. The number of aromatic nitrogens is 4. The zero-order chi connectivity index (χ0) is 18.8. The SMILES string of the molecule is Nc1cc(C(=O)NCc2ccc(F)cc2)cc2nc(-c3ccccn3)nn12. The van der Waals surface area contributed by atoms with Gasteiger partial charge in [0.05, 0.1) is 0 Å². The summed E-state index contributed by atoms with van der Waals surface area (Å²) >= 11 is 0. The van der Waals surface area contributed by atoms with Crippen LogP contribution in [0, 0.1) is 5.82 Å². The Hall–Kier alpha value is -3.81. The molecule has 3 N–H and O–H groups in total. The number of benzene rings is 1. The molecule has 4 aromatic rings. The molecular weight excluding hydrogens is 347 g/mol. The molecular formula is C19H15FN6O. The average molecular weight is 362 g/mol. The molecule has 0 aliphatic carbocycles. The minimum atomic E-state index is -0.321. The van der Waals surface area contributed by atoms with Crippen molar-refractivity contribution < 1.29 is 9.18 Å². The van der Waals surface area contributed by atoms with Crippen LogP contribution in [-0.2, 0) is 6.54 Å². The lowest BCUT2D eigenvalue weighted by atomic mass is 10.2. The standard InChI is InChI=1S/C19H15FN6O/c20-14-6-4-12(5-7-14)11-23-19(27)13-9-16(21)26-17(10-13)24-18(25-26)15-3-1-2-8-22-15/h1-10H,11,21H2,(H,23,27). The molecule has 1 amide bonds. The Morgan fingerprint density at radius 3 is 2.70 bits per heavy atom. The van der Waals surface area contributed by atoms with Gasteiger partial charge in [-0.25, -0.2) is 9.37 Å². The number of nitrogens with two attached hydrogens (primary N) is 1. The maximum absolute atomic E-state index is 12.9. The summed E-state index contributed by atoms with van der Waals surface area (Å²) in [4.78, 5) is 21.1. The van der Waals surface area contributed by atoms with Gasteiger partial charge in [-0.05, 0) is 42.0 Å². The number of anilines is 1. The third kappa shape index (κ3) is 3.45. The zero-order valence-corrected chi connectivity index (χ0v) is 14.1. The van der Waals surface area contributed by atoms with E-state index in [0.717, 1.165) is 5.56 Å². The predicted octanol–water partition coefficient (Wildman–Crippen LogP) is 2.44. The van der Waals surface area contributed by atoms with Crippen LogP contribution in [0.5, 0.6) is 0 Å². The number of fused-ring (bicyclic) bond motifs is 1. The van der Waals surface area contributed by atoms with Crippen LogP contribution in [0.15, 0.2) is 60.8 Å². The van der Waals surface area contributed by atoms with E-state index in [1.165, 1.54) is 22.7 Å². The summed E-state index contributed by atoms with van der Waals surface area (Å²) in [5.41, 5.74) is 8.24. The van der Waals surface area contributed by atoms with Gasteiger partial charge in [0.15, 0.2) is 5.65 Å². The second kappa shape index (κ2) is 6.83. The van der Waals surface area contributed by atoms with E-state index in [4.69, 9.17) is 5.73 Å². The van der Waals surface area contributed by atoms with E-state index in [-0.39, 0.29) is 24.1 Å². The molecule has 0 unspecified atom stereocenters. The van der Waals surface area contributed by atoms with Crippen LogP contribution in [-0.4, -0.2) is 25.5 Å². The smallest absolute Gasteiger partial charge is 0.251 e. The van der Waals surface area contributed by atoms with E-state index in [0.29, 0.717) is 22.7 Å². The number of halogens is 1. The molecule has 3 heterocycles. The summed E-state index contributed by atoms with van der Waals surface area (Å²) < 4.78 is 14.4. The molecule has 0 atom stereocenters. The predicted molar refractivity (Wildman–Crippen MR) is 98.2 cm³/mol. The van der Waals surface area contributed by atoms with Gasteiger partial charge >= 0.3 is 0 Å². The fourth-order valence-electron chi connectivity index (χ4n) is 2.63. The monoisotopic (exact) mass is 362 g/mol. The van der Waals surface area contributed by atoms with E-state index < -0.39 is 0 Å². The van der Waals surface area contributed by atoms with Crippen LogP contribution in [0.4, 0.5) is 10.2 Å². The van der Waals surface area contributed by atoms with Crippen molar-refractivity contribution >= 4 is 17.4 Å². The molecule has 0 aliphatic heterocycles. The number of carbonyl (C=O) groups is 1. The second-order valence-electron chi connectivity index (χ2n) is 5.90. The highest BCUT2D eigenvalue weighted by molar-refractivity contribution is 5.95. The summed E-state index contributed by atoms with van der Waals surface area (Å²) in [6.45, 7) is 0.274. The molecule has 134 valence electrons. The third-order valence-electron chi connectivity index (χ3n) is 3.99. The molecule has 7 nitrogen and oxygen atoms in total. The van der Waals surface area contributed by atoms with Gasteiger partial charge in [0.1, 0.15) is 17.3 Å². The van der Waals surface area contributed by atoms with Crippen molar-refractivity contribution in [2.45, 2.75) is 6.54 Å². The van der Waals surface area contributed by atoms with Gasteiger partial charge in [-0.15, -0.1) is 5.10 Å². The van der Waals surface area contributed by atoms with Crippen molar-refractivity contribution in [2.75, 3.05) is 5.73 Å².